The second kappa shape index (κ2) is 4.01. The van der Waals surface area contributed by atoms with E-state index in [4.69, 9.17) is 10.00 Å². The standard InChI is InChI=1S/C11H11N3O/c1-9(7-12)8-15-10-3-2-5-14-6-4-13-11(10)14/h2-6,9H,8H2,1H3. The summed E-state index contributed by atoms with van der Waals surface area (Å²) >= 11 is 0. The van der Waals surface area contributed by atoms with Crippen molar-refractivity contribution >= 4 is 5.65 Å². The van der Waals surface area contributed by atoms with E-state index in [0.29, 0.717) is 12.4 Å². The van der Waals surface area contributed by atoms with Crippen LogP contribution in [0.5, 0.6) is 5.75 Å². The highest BCUT2D eigenvalue weighted by molar-refractivity contribution is 5.53. The van der Waals surface area contributed by atoms with Crippen molar-refractivity contribution in [2.75, 3.05) is 6.61 Å². The normalized spacial score (nSPS) is 12.3. The van der Waals surface area contributed by atoms with Crippen LogP contribution in [0.15, 0.2) is 30.7 Å². The third-order valence-corrected chi connectivity index (χ3v) is 2.09. The van der Waals surface area contributed by atoms with Crippen molar-refractivity contribution in [1.82, 2.24) is 9.38 Å². The summed E-state index contributed by atoms with van der Waals surface area (Å²) in [4.78, 5) is 4.18. The molecule has 0 radical (unpaired) electrons. The number of aromatic nitrogens is 2. The maximum absolute atomic E-state index is 8.64. The average molecular weight is 201 g/mol. The lowest BCUT2D eigenvalue weighted by molar-refractivity contribution is 0.290. The van der Waals surface area contributed by atoms with Gasteiger partial charge in [0.2, 0.25) is 0 Å². The Labute approximate surface area is 87.7 Å². The average Bonchev–Trinajstić information content (AvgIpc) is 2.74. The van der Waals surface area contributed by atoms with Crippen LogP contribution < -0.4 is 4.74 Å². The Kier molecular flexibility index (Phi) is 2.55. The number of hydrogen-bond acceptors (Lipinski definition) is 3. The third kappa shape index (κ3) is 1.91. The van der Waals surface area contributed by atoms with Crippen LogP contribution in [0, 0.1) is 17.2 Å². The van der Waals surface area contributed by atoms with Crippen LogP contribution in [0.25, 0.3) is 5.65 Å². The van der Waals surface area contributed by atoms with E-state index in [2.05, 4.69) is 11.1 Å². The smallest absolute Gasteiger partial charge is 0.179 e. The summed E-state index contributed by atoms with van der Waals surface area (Å²) in [5, 5.41) is 8.64. The Morgan fingerprint density at radius 3 is 3.27 bits per heavy atom. The van der Waals surface area contributed by atoms with Crippen LogP contribution in [-0.4, -0.2) is 16.0 Å². The van der Waals surface area contributed by atoms with Gasteiger partial charge < -0.3 is 9.14 Å². The molecule has 4 nitrogen and oxygen atoms in total. The second-order valence-electron chi connectivity index (χ2n) is 3.37. The van der Waals surface area contributed by atoms with Crippen LogP contribution in [0.4, 0.5) is 0 Å². The molecule has 15 heavy (non-hydrogen) atoms. The first-order valence-corrected chi connectivity index (χ1v) is 4.75. The Hall–Kier alpha value is -2.02. The van der Waals surface area contributed by atoms with Gasteiger partial charge in [0.25, 0.3) is 0 Å². The molecule has 0 aliphatic heterocycles. The van der Waals surface area contributed by atoms with Gasteiger partial charge in [0.1, 0.15) is 6.61 Å². The zero-order valence-corrected chi connectivity index (χ0v) is 8.42. The van der Waals surface area contributed by atoms with Crippen molar-refractivity contribution in [1.29, 1.82) is 5.26 Å². The lowest BCUT2D eigenvalue weighted by Gasteiger charge is -2.07. The molecule has 1 unspecified atom stereocenters. The molecule has 4 heteroatoms. The number of fused-ring (bicyclic) bond motifs is 1. The molecule has 76 valence electrons. The highest BCUT2D eigenvalue weighted by Crippen LogP contribution is 2.17. The molecule has 2 rings (SSSR count). The molecule has 2 heterocycles. The summed E-state index contributed by atoms with van der Waals surface area (Å²) in [6, 6.07) is 5.87. The molecule has 0 N–H and O–H groups in total. The van der Waals surface area contributed by atoms with E-state index in [1.165, 1.54) is 0 Å². The lowest BCUT2D eigenvalue weighted by Crippen LogP contribution is -2.06. The molecule has 2 aromatic rings. The summed E-state index contributed by atoms with van der Waals surface area (Å²) in [7, 11) is 0. The van der Waals surface area contributed by atoms with Gasteiger partial charge in [-0.25, -0.2) is 4.98 Å². The highest BCUT2D eigenvalue weighted by Gasteiger charge is 2.05. The molecule has 0 spiro atoms. The van der Waals surface area contributed by atoms with Crippen molar-refractivity contribution in [2.45, 2.75) is 6.92 Å². The van der Waals surface area contributed by atoms with Gasteiger partial charge in [0.15, 0.2) is 11.4 Å². The monoisotopic (exact) mass is 201 g/mol. The number of nitrogens with zero attached hydrogens (tertiary/aromatic N) is 3. The first-order chi connectivity index (χ1) is 7.31. The molecule has 0 saturated carbocycles. The summed E-state index contributed by atoms with van der Waals surface area (Å²) in [5.41, 5.74) is 0.780. The van der Waals surface area contributed by atoms with Gasteiger partial charge in [0.05, 0.1) is 12.0 Å². The fourth-order valence-corrected chi connectivity index (χ4v) is 1.29. The molecule has 0 saturated heterocycles. The van der Waals surface area contributed by atoms with Crippen LogP contribution in [0.2, 0.25) is 0 Å². The minimum absolute atomic E-state index is 0.111. The topological polar surface area (TPSA) is 50.3 Å². The summed E-state index contributed by atoms with van der Waals surface area (Å²) in [5.74, 6) is 0.602. The molecular weight excluding hydrogens is 190 g/mol. The number of imidazole rings is 1. The Balaban J connectivity index is 2.21. The molecule has 0 aliphatic carbocycles. The molecule has 0 amide bonds. The van der Waals surface area contributed by atoms with E-state index in [1.807, 2.05) is 35.9 Å². The van der Waals surface area contributed by atoms with Crippen LogP contribution in [0.1, 0.15) is 6.92 Å². The van der Waals surface area contributed by atoms with E-state index < -0.39 is 0 Å². The van der Waals surface area contributed by atoms with Crippen molar-refractivity contribution < 1.29 is 4.74 Å². The molecular formula is C11H11N3O. The third-order valence-electron chi connectivity index (χ3n) is 2.09. The van der Waals surface area contributed by atoms with Crippen molar-refractivity contribution in [3.63, 3.8) is 0 Å². The van der Waals surface area contributed by atoms with Gasteiger partial charge in [-0.15, -0.1) is 0 Å². The quantitative estimate of drug-likeness (QED) is 0.761. The fraction of sp³-hybridized carbons (Fsp3) is 0.273. The first kappa shape index (κ1) is 9.53. The minimum Gasteiger partial charge on any atom is -0.488 e. The number of ether oxygens (including phenoxy) is 1. The summed E-state index contributed by atoms with van der Waals surface area (Å²) in [6.07, 6.45) is 5.48. The molecule has 0 aliphatic rings. The molecule has 0 aromatic carbocycles. The van der Waals surface area contributed by atoms with E-state index in [1.54, 1.807) is 6.20 Å². The lowest BCUT2D eigenvalue weighted by atomic mass is 10.2. The molecule has 0 fully saturated rings. The number of pyridine rings is 1. The molecule has 2 aromatic heterocycles. The molecule has 0 bridgehead atoms. The van der Waals surface area contributed by atoms with Gasteiger partial charge in [-0.1, -0.05) is 0 Å². The summed E-state index contributed by atoms with van der Waals surface area (Å²) in [6.45, 7) is 2.22. The number of nitriles is 1. The van der Waals surface area contributed by atoms with Crippen molar-refractivity contribution in [3.8, 4) is 11.8 Å². The number of rotatable bonds is 3. The Morgan fingerprint density at radius 2 is 2.47 bits per heavy atom. The fourth-order valence-electron chi connectivity index (χ4n) is 1.29. The Morgan fingerprint density at radius 1 is 1.60 bits per heavy atom. The predicted octanol–water partition coefficient (Wildman–Crippen LogP) is 1.87. The zero-order valence-electron chi connectivity index (χ0n) is 8.42. The maximum atomic E-state index is 8.64. The van der Waals surface area contributed by atoms with E-state index in [9.17, 15) is 0 Å². The summed E-state index contributed by atoms with van der Waals surface area (Å²) < 4.78 is 7.41. The van der Waals surface area contributed by atoms with E-state index in [-0.39, 0.29) is 5.92 Å². The Bertz CT molecular complexity index is 498. The van der Waals surface area contributed by atoms with Crippen LogP contribution >= 0.6 is 0 Å². The van der Waals surface area contributed by atoms with Crippen LogP contribution in [0.3, 0.4) is 0 Å². The highest BCUT2D eigenvalue weighted by atomic mass is 16.5. The van der Waals surface area contributed by atoms with Gasteiger partial charge in [-0.05, 0) is 19.1 Å². The first-order valence-electron chi connectivity index (χ1n) is 4.75. The van der Waals surface area contributed by atoms with Crippen molar-refractivity contribution in [3.05, 3.63) is 30.7 Å². The van der Waals surface area contributed by atoms with Crippen LogP contribution in [-0.2, 0) is 0 Å². The SMILES string of the molecule is CC(C#N)COc1cccn2ccnc12. The minimum atomic E-state index is -0.111. The van der Waals surface area contributed by atoms with Crippen molar-refractivity contribution in [2.24, 2.45) is 5.92 Å². The zero-order chi connectivity index (χ0) is 10.7. The van der Waals surface area contributed by atoms with Gasteiger partial charge in [-0.3, -0.25) is 0 Å². The predicted molar refractivity (Wildman–Crippen MR) is 55.5 cm³/mol. The van der Waals surface area contributed by atoms with Gasteiger partial charge in [0, 0.05) is 18.6 Å². The van der Waals surface area contributed by atoms with E-state index >= 15 is 0 Å². The maximum Gasteiger partial charge on any atom is 0.179 e. The van der Waals surface area contributed by atoms with Gasteiger partial charge in [-0.2, -0.15) is 5.26 Å². The largest absolute Gasteiger partial charge is 0.488 e. The number of hydrogen-bond donors (Lipinski definition) is 0. The van der Waals surface area contributed by atoms with Gasteiger partial charge >= 0.3 is 0 Å². The second-order valence-corrected chi connectivity index (χ2v) is 3.37. The van der Waals surface area contributed by atoms with E-state index in [0.717, 1.165) is 5.65 Å². The molecule has 1 atom stereocenters.